The van der Waals surface area contributed by atoms with Gasteiger partial charge in [-0.3, -0.25) is 0 Å². The fraction of sp³-hybridized carbons (Fsp3) is 0.480. The Labute approximate surface area is 199 Å². The average molecular weight is 502 g/mol. The molecule has 2 fully saturated rings. The van der Waals surface area contributed by atoms with Gasteiger partial charge in [-0.15, -0.1) is 0 Å². The Morgan fingerprint density at radius 2 is 1.94 bits per heavy atom. The van der Waals surface area contributed by atoms with Crippen molar-refractivity contribution in [2.45, 2.75) is 43.2 Å². The van der Waals surface area contributed by atoms with Crippen LogP contribution in [0.4, 0.5) is 10.5 Å². The topological polar surface area (TPSA) is 54.0 Å². The molecule has 6 nitrogen and oxygen atoms in total. The van der Waals surface area contributed by atoms with Gasteiger partial charge < -0.3 is 24.6 Å². The number of nitrogens with zero attached hydrogens (tertiary/aromatic N) is 2. The van der Waals surface area contributed by atoms with Crippen LogP contribution in [-0.2, 0) is 5.41 Å². The highest BCUT2D eigenvalue weighted by molar-refractivity contribution is 9.10. The molecule has 0 bridgehead atoms. The molecule has 3 atom stereocenters. The van der Waals surface area contributed by atoms with Gasteiger partial charge in [0.25, 0.3) is 0 Å². The van der Waals surface area contributed by atoms with Gasteiger partial charge in [0.15, 0.2) is 11.5 Å². The molecule has 2 aromatic carbocycles. The Morgan fingerprint density at radius 3 is 2.66 bits per heavy atom. The number of halogens is 1. The van der Waals surface area contributed by atoms with Crippen LogP contribution < -0.4 is 14.8 Å². The van der Waals surface area contributed by atoms with Crippen molar-refractivity contribution in [3.05, 3.63) is 52.5 Å². The van der Waals surface area contributed by atoms with Crippen molar-refractivity contribution in [2.75, 3.05) is 40.2 Å². The number of nitrogens with one attached hydrogen (secondary N) is 1. The summed E-state index contributed by atoms with van der Waals surface area (Å²) < 4.78 is 12.0. The minimum Gasteiger partial charge on any atom is -0.493 e. The number of urea groups is 1. The highest BCUT2D eigenvalue weighted by Crippen LogP contribution is 2.50. The van der Waals surface area contributed by atoms with E-state index in [1.807, 2.05) is 42.3 Å². The summed E-state index contributed by atoms with van der Waals surface area (Å²) in [5.74, 6) is 1.54. The third kappa shape index (κ3) is 4.20. The van der Waals surface area contributed by atoms with Crippen LogP contribution in [0.1, 0.15) is 31.2 Å². The number of fused-ring (bicyclic) bond motifs is 1. The third-order valence-electron chi connectivity index (χ3n) is 7.40. The normalized spacial score (nSPS) is 25.2. The minimum absolute atomic E-state index is 0.0626. The molecule has 32 heavy (non-hydrogen) atoms. The van der Waals surface area contributed by atoms with Crippen LogP contribution in [0, 0.1) is 0 Å². The van der Waals surface area contributed by atoms with Gasteiger partial charge in [-0.25, -0.2) is 4.79 Å². The van der Waals surface area contributed by atoms with Crippen molar-refractivity contribution in [1.29, 1.82) is 0 Å². The van der Waals surface area contributed by atoms with Crippen LogP contribution in [0.5, 0.6) is 11.5 Å². The number of benzene rings is 2. The van der Waals surface area contributed by atoms with Crippen LogP contribution in [-0.4, -0.2) is 62.8 Å². The molecule has 2 aliphatic rings. The molecule has 0 aromatic heterocycles. The van der Waals surface area contributed by atoms with Gasteiger partial charge in [0.05, 0.1) is 14.2 Å². The maximum atomic E-state index is 13.0. The Kier molecular flexibility index (Phi) is 6.67. The summed E-state index contributed by atoms with van der Waals surface area (Å²) in [6.07, 6.45) is 4.08. The number of carbonyl (C=O) groups is 1. The van der Waals surface area contributed by atoms with Crippen molar-refractivity contribution in [3.63, 3.8) is 0 Å². The molecule has 4 rings (SSSR count). The molecular formula is C25H32BrN3O3. The number of anilines is 1. The molecule has 7 heteroatoms. The van der Waals surface area contributed by atoms with E-state index >= 15 is 0 Å². The number of carbonyl (C=O) groups excluding carboxylic acids is 1. The molecular weight excluding hydrogens is 470 g/mol. The first kappa shape index (κ1) is 22.9. The van der Waals surface area contributed by atoms with Gasteiger partial charge in [0.1, 0.15) is 0 Å². The zero-order chi connectivity index (χ0) is 22.9. The second kappa shape index (κ2) is 9.32. The molecule has 1 saturated carbocycles. The Morgan fingerprint density at radius 1 is 1.16 bits per heavy atom. The standard InChI is InChI=1S/C25H32BrN3O3/c1-28-13-12-25(17-8-9-21(31-3)22(14-17)32-4)11-10-20(16-23(25)28)29(2)24(30)27-19-7-5-6-18(26)15-19/h5-9,14-15,20,23H,10-13,16H2,1-4H3,(H,27,30). The number of hydrogen-bond donors (Lipinski definition) is 1. The summed E-state index contributed by atoms with van der Waals surface area (Å²) in [5.41, 5.74) is 2.18. The largest absolute Gasteiger partial charge is 0.493 e. The molecule has 1 aliphatic heterocycles. The quantitative estimate of drug-likeness (QED) is 0.617. The van der Waals surface area contributed by atoms with E-state index in [1.165, 1.54) is 5.56 Å². The lowest BCUT2D eigenvalue weighted by atomic mass is 9.65. The number of likely N-dealkylation sites (N-methyl/N-ethyl adjacent to an activating group) is 1. The number of ether oxygens (including phenoxy) is 2. The Balaban J connectivity index is 1.52. The van der Waals surface area contributed by atoms with Crippen molar-refractivity contribution >= 4 is 27.6 Å². The van der Waals surface area contributed by atoms with E-state index in [4.69, 9.17) is 9.47 Å². The van der Waals surface area contributed by atoms with E-state index in [9.17, 15) is 4.79 Å². The van der Waals surface area contributed by atoms with Gasteiger partial charge in [-0.2, -0.15) is 0 Å². The van der Waals surface area contributed by atoms with Crippen molar-refractivity contribution in [2.24, 2.45) is 0 Å². The van der Waals surface area contributed by atoms with Crippen LogP contribution in [0.25, 0.3) is 0 Å². The lowest BCUT2D eigenvalue weighted by molar-refractivity contribution is 0.112. The fourth-order valence-corrected chi connectivity index (χ4v) is 5.94. The highest BCUT2D eigenvalue weighted by atomic mass is 79.9. The van der Waals surface area contributed by atoms with Crippen molar-refractivity contribution in [1.82, 2.24) is 9.80 Å². The van der Waals surface area contributed by atoms with Gasteiger partial charge in [0, 0.05) is 34.7 Å². The monoisotopic (exact) mass is 501 g/mol. The fourth-order valence-electron chi connectivity index (χ4n) is 5.54. The smallest absolute Gasteiger partial charge is 0.321 e. The second-order valence-electron chi connectivity index (χ2n) is 8.95. The van der Waals surface area contributed by atoms with Crippen molar-refractivity contribution in [3.8, 4) is 11.5 Å². The first-order valence-electron chi connectivity index (χ1n) is 11.1. The molecule has 1 saturated heterocycles. The lowest BCUT2D eigenvalue weighted by Crippen LogP contribution is -2.52. The molecule has 3 unspecified atom stereocenters. The third-order valence-corrected chi connectivity index (χ3v) is 7.90. The summed E-state index contributed by atoms with van der Waals surface area (Å²) in [7, 11) is 7.48. The van der Waals surface area contributed by atoms with E-state index in [0.717, 1.165) is 53.9 Å². The minimum atomic E-state index is -0.0626. The maximum absolute atomic E-state index is 13.0. The zero-order valence-corrected chi connectivity index (χ0v) is 20.8. The second-order valence-corrected chi connectivity index (χ2v) is 9.87. The van der Waals surface area contributed by atoms with E-state index < -0.39 is 0 Å². The molecule has 172 valence electrons. The number of rotatable bonds is 5. The van der Waals surface area contributed by atoms with Crippen LogP contribution in [0.2, 0.25) is 0 Å². The van der Waals surface area contributed by atoms with E-state index in [1.54, 1.807) is 14.2 Å². The molecule has 2 amide bonds. The number of likely N-dealkylation sites (tertiary alicyclic amines) is 1. The van der Waals surface area contributed by atoms with Crippen LogP contribution >= 0.6 is 15.9 Å². The van der Waals surface area contributed by atoms with Gasteiger partial charge in [-0.05, 0) is 75.2 Å². The van der Waals surface area contributed by atoms with Gasteiger partial charge >= 0.3 is 6.03 Å². The number of hydrogen-bond acceptors (Lipinski definition) is 4. The predicted octanol–water partition coefficient (Wildman–Crippen LogP) is 5.12. The van der Waals surface area contributed by atoms with E-state index in [-0.39, 0.29) is 17.5 Å². The van der Waals surface area contributed by atoms with Gasteiger partial charge in [0.2, 0.25) is 0 Å². The molecule has 0 spiro atoms. The summed E-state index contributed by atoms with van der Waals surface area (Å²) in [6, 6.07) is 14.6. The Hall–Kier alpha value is -2.25. The van der Waals surface area contributed by atoms with Crippen LogP contribution in [0.15, 0.2) is 46.9 Å². The van der Waals surface area contributed by atoms with Crippen LogP contribution in [0.3, 0.4) is 0 Å². The molecule has 0 radical (unpaired) electrons. The number of methoxy groups -OCH3 is 2. The highest BCUT2D eigenvalue weighted by Gasteiger charge is 2.51. The SMILES string of the molecule is COc1ccc(C23CCC(N(C)C(=O)Nc4cccc(Br)c4)CC2N(C)CC3)cc1OC. The van der Waals surface area contributed by atoms with Gasteiger partial charge in [-0.1, -0.05) is 28.1 Å². The zero-order valence-electron chi connectivity index (χ0n) is 19.2. The first-order chi connectivity index (χ1) is 15.4. The molecule has 2 aromatic rings. The van der Waals surface area contributed by atoms with E-state index in [2.05, 4.69) is 45.3 Å². The van der Waals surface area contributed by atoms with E-state index in [0.29, 0.717) is 6.04 Å². The molecule has 1 N–H and O–H groups in total. The summed E-state index contributed by atoms with van der Waals surface area (Å²) in [6.45, 7) is 1.06. The first-order valence-corrected chi connectivity index (χ1v) is 11.9. The predicted molar refractivity (Wildman–Crippen MR) is 131 cm³/mol. The van der Waals surface area contributed by atoms with Crippen molar-refractivity contribution < 1.29 is 14.3 Å². The number of amides is 2. The summed E-state index contributed by atoms with van der Waals surface area (Å²) in [5, 5.41) is 3.03. The molecule has 1 heterocycles. The Bertz CT molecular complexity index is 985. The summed E-state index contributed by atoms with van der Waals surface area (Å²) >= 11 is 3.46. The molecule has 1 aliphatic carbocycles. The average Bonchev–Trinajstić information content (AvgIpc) is 3.15. The summed E-state index contributed by atoms with van der Waals surface area (Å²) in [4.78, 5) is 17.3. The lowest BCUT2D eigenvalue weighted by Gasteiger charge is -2.46. The maximum Gasteiger partial charge on any atom is 0.321 e.